The molecule has 1 aliphatic heterocycles. The Morgan fingerprint density at radius 3 is 2.32 bits per heavy atom. The highest BCUT2D eigenvalue weighted by molar-refractivity contribution is 6.39. The van der Waals surface area contributed by atoms with Gasteiger partial charge in [-0.2, -0.15) is 0 Å². The summed E-state index contributed by atoms with van der Waals surface area (Å²) in [5.41, 5.74) is 0.748. The molecule has 9 heteroatoms. The van der Waals surface area contributed by atoms with E-state index in [0.717, 1.165) is 4.90 Å². The highest BCUT2D eigenvalue weighted by atomic mass is 19.1. The number of amides is 4. The SMILES string of the molecule is O=C1NC(=O)N(c2ccc(C(=O)[O-])cc2)C(=O)/C1=C\c1ccccc1OCc1ccc(F)cc1. The van der Waals surface area contributed by atoms with Gasteiger partial charge in [-0.3, -0.25) is 14.9 Å². The molecule has 1 aliphatic rings. The Labute approximate surface area is 192 Å². The molecule has 0 unspecified atom stereocenters. The Bertz CT molecular complexity index is 1320. The predicted molar refractivity (Wildman–Crippen MR) is 117 cm³/mol. The Morgan fingerprint density at radius 2 is 1.65 bits per heavy atom. The number of barbiturate groups is 1. The largest absolute Gasteiger partial charge is 0.545 e. The van der Waals surface area contributed by atoms with Crippen LogP contribution in [0.5, 0.6) is 5.75 Å². The fourth-order valence-electron chi connectivity index (χ4n) is 3.27. The van der Waals surface area contributed by atoms with Crippen molar-refractivity contribution >= 4 is 35.6 Å². The zero-order valence-corrected chi connectivity index (χ0v) is 17.5. The van der Waals surface area contributed by atoms with Crippen LogP contribution in [0, 0.1) is 5.82 Å². The second-order valence-corrected chi connectivity index (χ2v) is 7.25. The highest BCUT2D eigenvalue weighted by Crippen LogP contribution is 2.26. The van der Waals surface area contributed by atoms with Crippen molar-refractivity contribution in [1.82, 2.24) is 5.32 Å². The third kappa shape index (κ3) is 4.68. The summed E-state index contributed by atoms with van der Waals surface area (Å²) in [6, 6.07) is 16.3. The Hall–Kier alpha value is -4.79. The molecular formula is C25H16FN2O6-. The Kier molecular flexibility index (Phi) is 6.18. The van der Waals surface area contributed by atoms with Crippen molar-refractivity contribution in [2.75, 3.05) is 4.90 Å². The topological polar surface area (TPSA) is 116 Å². The van der Waals surface area contributed by atoms with Gasteiger partial charge in [0, 0.05) is 5.56 Å². The number of para-hydroxylation sites is 1. The molecule has 3 aromatic carbocycles. The average molecular weight is 459 g/mol. The van der Waals surface area contributed by atoms with Gasteiger partial charge in [-0.15, -0.1) is 0 Å². The van der Waals surface area contributed by atoms with Crippen LogP contribution in [-0.2, 0) is 16.2 Å². The van der Waals surface area contributed by atoms with Crippen LogP contribution in [0.3, 0.4) is 0 Å². The maximum atomic E-state index is 13.1. The maximum Gasteiger partial charge on any atom is 0.335 e. The van der Waals surface area contributed by atoms with Crippen molar-refractivity contribution in [1.29, 1.82) is 0 Å². The second kappa shape index (κ2) is 9.37. The van der Waals surface area contributed by atoms with Crippen molar-refractivity contribution in [3.63, 3.8) is 0 Å². The van der Waals surface area contributed by atoms with Crippen LogP contribution in [0.25, 0.3) is 6.08 Å². The quantitative estimate of drug-likeness (QED) is 0.447. The molecule has 1 fully saturated rings. The van der Waals surface area contributed by atoms with Crippen molar-refractivity contribution in [2.24, 2.45) is 0 Å². The molecule has 3 aromatic rings. The summed E-state index contributed by atoms with van der Waals surface area (Å²) in [5, 5.41) is 13.1. The Balaban J connectivity index is 1.62. The van der Waals surface area contributed by atoms with Crippen LogP contribution >= 0.6 is 0 Å². The number of hydrogen-bond acceptors (Lipinski definition) is 6. The molecule has 0 saturated carbocycles. The van der Waals surface area contributed by atoms with Crippen LogP contribution in [0.15, 0.2) is 78.4 Å². The van der Waals surface area contributed by atoms with Crippen molar-refractivity contribution in [2.45, 2.75) is 6.61 Å². The second-order valence-electron chi connectivity index (χ2n) is 7.25. The summed E-state index contributed by atoms with van der Waals surface area (Å²) in [6.45, 7) is 0.121. The molecule has 4 rings (SSSR count). The van der Waals surface area contributed by atoms with Crippen molar-refractivity contribution in [3.05, 3.63) is 101 Å². The zero-order chi connectivity index (χ0) is 24.2. The van der Waals surface area contributed by atoms with Crippen LogP contribution in [-0.4, -0.2) is 23.8 Å². The van der Waals surface area contributed by atoms with Gasteiger partial charge in [-0.05, 0) is 47.5 Å². The first-order valence-electron chi connectivity index (χ1n) is 10.0. The lowest BCUT2D eigenvalue weighted by atomic mass is 10.1. The number of ether oxygens (including phenoxy) is 1. The number of halogens is 1. The minimum Gasteiger partial charge on any atom is -0.545 e. The lowest BCUT2D eigenvalue weighted by Crippen LogP contribution is -2.54. The van der Waals surface area contributed by atoms with Gasteiger partial charge in [0.05, 0.1) is 11.7 Å². The molecule has 8 nitrogen and oxygen atoms in total. The zero-order valence-electron chi connectivity index (χ0n) is 17.5. The van der Waals surface area contributed by atoms with Gasteiger partial charge in [0.15, 0.2) is 0 Å². The molecule has 170 valence electrons. The Morgan fingerprint density at radius 1 is 0.971 bits per heavy atom. The minimum atomic E-state index is -1.41. The van der Waals surface area contributed by atoms with E-state index in [-0.39, 0.29) is 29.2 Å². The van der Waals surface area contributed by atoms with E-state index in [1.807, 2.05) is 0 Å². The molecule has 0 spiro atoms. The number of urea groups is 1. The standard InChI is InChI=1S/C25H17FN2O6/c26-18-9-5-15(6-10-18)14-34-21-4-2-1-3-17(21)13-20-22(29)27-25(33)28(23(20)30)19-11-7-16(8-12-19)24(31)32/h1-13H,14H2,(H,31,32)(H,27,29,33)/p-1/b20-13-. The average Bonchev–Trinajstić information content (AvgIpc) is 2.82. The predicted octanol–water partition coefficient (Wildman–Crippen LogP) is 2.43. The van der Waals surface area contributed by atoms with Crippen LogP contribution < -0.4 is 20.1 Å². The van der Waals surface area contributed by atoms with Crippen LogP contribution in [0.2, 0.25) is 0 Å². The van der Waals surface area contributed by atoms with Crippen LogP contribution in [0.1, 0.15) is 21.5 Å². The minimum absolute atomic E-state index is 0.0757. The summed E-state index contributed by atoms with van der Waals surface area (Å²) in [4.78, 5) is 49.5. The molecule has 1 heterocycles. The molecule has 0 radical (unpaired) electrons. The molecule has 4 amide bonds. The number of carboxylic acid groups (broad SMARTS) is 1. The normalized spacial score (nSPS) is 14.8. The monoisotopic (exact) mass is 459 g/mol. The first kappa shape index (κ1) is 22.4. The molecule has 1 saturated heterocycles. The number of rotatable bonds is 6. The lowest BCUT2D eigenvalue weighted by Gasteiger charge is -2.26. The molecule has 0 atom stereocenters. The van der Waals surface area contributed by atoms with E-state index in [2.05, 4.69) is 5.32 Å². The molecule has 34 heavy (non-hydrogen) atoms. The number of imide groups is 2. The van der Waals surface area contributed by atoms with E-state index in [1.165, 1.54) is 42.5 Å². The van der Waals surface area contributed by atoms with Gasteiger partial charge in [-0.25, -0.2) is 14.1 Å². The summed E-state index contributed by atoms with van der Waals surface area (Å²) >= 11 is 0. The lowest BCUT2D eigenvalue weighted by molar-refractivity contribution is -0.255. The van der Waals surface area contributed by atoms with Crippen LogP contribution in [0.4, 0.5) is 14.9 Å². The highest BCUT2D eigenvalue weighted by Gasteiger charge is 2.37. The summed E-state index contributed by atoms with van der Waals surface area (Å²) < 4.78 is 18.9. The number of nitrogens with zero attached hydrogens (tertiary/aromatic N) is 1. The number of anilines is 1. The van der Waals surface area contributed by atoms with E-state index < -0.39 is 23.8 Å². The van der Waals surface area contributed by atoms with Gasteiger partial charge in [0.2, 0.25) is 0 Å². The van der Waals surface area contributed by atoms with Crippen molar-refractivity contribution in [3.8, 4) is 5.75 Å². The number of hydrogen-bond donors (Lipinski definition) is 1. The summed E-state index contributed by atoms with van der Waals surface area (Å²) in [6.07, 6.45) is 1.30. The van der Waals surface area contributed by atoms with Gasteiger partial charge in [0.1, 0.15) is 23.7 Å². The van der Waals surface area contributed by atoms with E-state index >= 15 is 0 Å². The fourth-order valence-corrected chi connectivity index (χ4v) is 3.27. The third-order valence-electron chi connectivity index (χ3n) is 4.99. The van der Waals surface area contributed by atoms with Gasteiger partial charge >= 0.3 is 6.03 Å². The smallest absolute Gasteiger partial charge is 0.335 e. The summed E-state index contributed by atoms with van der Waals surface area (Å²) in [5.74, 6) is -3.19. The van der Waals surface area contributed by atoms with E-state index in [4.69, 9.17) is 4.74 Å². The maximum absolute atomic E-state index is 13.1. The number of aromatic carboxylic acids is 1. The fraction of sp³-hybridized carbons (Fsp3) is 0.0400. The number of carboxylic acids is 1. The molecule has 0 aliphatic carbocycles. The third-order valence-corrected chi connectivity index (χ3v) is 4.99. The van der Waals surface area contributed by atoms with Gasteiger partial charge in [0.25, 0.3) is 11.8 Å². The van der Waals surface area contributed by atoms with Gasteiger partial charge < -0.3 is 14.6 Å². The number of carbonyl (C=O) groups excluding carboxylic acids is 4. The van der Waals surface area contributed by atoms with E-state index in [0.29, 0.717) is 16.9 Å². The first-order chi connectivity index (χ1) is 16.3. The number of benzene rings is 3. The van der Waals surface area contributed by atoms with Crippen molar-refractivity contribution < 1.29 is 33.4 Å². The molecular weight excluding hydrogens is 443 g/mol. The molecule has 0 bridgehead atoms. The first-order valence-corrected chi connectivity index (χ1v) is 10.0. The molecule has 0 aromatic heterocycles. The van der Waals surface area contributed by atoms with Gasteiger partial charge in [-0.1, -0.05) is 42.5 Å². The number of carbonyl (C=O) groups is 4. The molecule has 1 N–H and O–H groups in total. The van der Waals surface area contributed by atoms with E-state index in [9.17, 15) is 28.7 Å². The number of nitrogens with one attached hydrogen (secondary N) is 1. The van der Waals surface area contributed by atoms with E-state index in [1.54, 1.807) is 36.4 Å². The summed E-state index contributed by atoms with van der Waals surface area (Å²) in [7, 11) is 0.